The lowest BCUT2D eigenvalue weighted by Gasteiger charge is -2.40. The Morgan fingerprint density at radius 1 is 1.17 bits per heavy atom. The molecule has 2 aromatic rings. The molecule has 0 spiro atoms. The van der Waals surface area contributed by atoms with E-state index in [1.165, 1.54) is 11.1 Å². The van der Waals surface area contributed by atoms with E-state index < -0.39 is 8.32 Å². The van der Waals surface area contributed by atoms with Gasteiger partial charge in [-0.15, -0.1) is 0 Å². The Bertz CT molecular complexity index is 839. The fourth-order valence-electron chi connectivity index (χ4n) is 4.37. The molecule has 160 valence electrons. The lowest BCUT2D eigenvalue weighted by atomic mass is 9.82. The molecule has 1 heterocycles. The molecule has 0 radical (unpaired) electrons. The predicted molar refractivity (Wildman–Crippen MR) is 121 cm³/mol. The third kappa shape index (κ3) is 3.92. The van der Waals surface area contributed by atoms with Gasteiger partial charge in [0.05, 0.1) is 18.9 Å². The van der Waals surface area contributed by atoms with Crippen molar-refractivity contribution in [2.75, 3.05) is 13.7 Å². The van der Waals surface area contributed by atoms with Gasteiger partial charge in [-0.25, -0.2) is 0 Å². The van der Waals surface area contributed by atoms with E-state index in [1.807, 2.05) is 12.1 Å². The van der Waals surface area contributed by atoms with Crippen molar-refractivity contribution >= 4 is 8.32 Å². The lowest BCUT2D eigenvalue weighted by Crippen LogP contribution is -2.42. The van der Waals surface area contributed by atoms with E-state index in [-0.39, 0.29) is 35.5 Å². The maximum absolute atomic E-state index is 10.0. The second-order valence-corrected chi connectivity index (χ2v) is 14.8. The molecule has 0 unspecified atom stereocenters. The first-order valence-corrected chi connectivity index (χ1v) is 13.6. The van der Waals surface area contributed by atoms with Crippen molar-refractivity contribution in [3.8, 4) is 11.4 Å². The van der Waals surface area contributed by atoms with Crippen LogP contribution in [0.3, 0.4) is 0 Å². The molecule has 1 N–H and O–H groups in total. The van der Waals surface area contributed by atoms with Crippen molar-refractivity contribution in [1.29, 1.82) is 0 Å². The summed E-state index contributed by atoms with van der Waals surface area (Å²) in [5.74, 6) is 1.51. The van der Waals surface area contributed by atoms with Gasteiger partial charge in [-0.2, -0.15) is 0 Å². The zero-order chi connectivity index (χ0) is 21.6. The summed E-state index contributed by atoms with van der Waals surface area (Å²) in [7, 11) is -0.257. The number of aliphatic hydroxyl groups excluding tert-OH is 1. The molecule has 0 saturated carbocycles. The van der Waals surface area contributed by atoms with E-state index in [2.05, 4.69) is 76.8 Å². The summed E-state index contributed by atoms with van der Waals surface area (Å²) in [5.41, 5.74) is 3.64. The number of rotatable bonds is 6. The molecule has 1 aromatic heterocycles. The molecule has 1 aliphatic carbocycles. The number of methoxy groups -OCH3 is 1. The Hall–Kier alpha value is -1.56. The van der Waals surface area contributed by atoms with Crippen LogP contribution < -0.4 is 4.74 Å². The number of aromatic nitrogens is 1. The van der Waals surface area contributed by atoms with E-state index in [0.717, 1.165) is 11.4 Å². The quantitative estimate of drug-likeness (QED) is 0.596. The summed E-state index contributed by atoms with van der Waals surface area (Å²) in [6.07, 6.45) is 4.15. The van der Waals surface area contributed by atoms with Gasteiger partial charge in [0.1, 0.15) is 5.75 Å². The van der Waals surface area contributed by atoms with E-state index in [1.54, 1.807) is 7.11 Å². The molecule has 0 amide bonds. The number of nitrogens with zero attached hydrogens (tertiary/aromatic N) is 1. The van der Waals surface area contributed by atoms with Crippen molar-refractivity contribution in [2.24, 2.45) is 11.8 Å². The van der Waals surface area contributed by atoms with Crippen molar-refractivity contribution in [1.82, 2.24) is 4.57 Å². The average Bonchev–Trinajstić information content (AvgIpc) is 3.27. The van der Waals surface area contributed by atoms with Crippen molar-refractivity contribution in [3.63, 3.8) is 0 Å². The molecule has 4 nitrogen and oxygen atoms in total. The van der Waals surface area contributed by atoms with Crippen molar-refractivity contribution in [2.45, 2.75) is 64.8 Å². The predicted octanol–water partition coefficient (Wildman–Crippen LogP) is 5.91. The normalized spacial score (nSPS) is 23.1. The van der Waals surface area contributed by atoms with Crippen LogP contribution >= 0.6 is 0 Å². The highest BCUT2D eigenvalue weighted by Crippen LogP contribution is 2.55. The molecule has 1 aromatic carbocycles. The molecule has 4 atom stereocenters. The molecule has 5 heteroatoms. The van der Waals surface area contributed by atoms with E-state index >= 15 is 0 Å². The summed E-state index contributed by atoms with van der Waals surface area (Å²) in [5, 5.41) is 10.2. The van der Waals surface area contributed by atoms with Crippen LogP contribution in [0, 0.1) is 11.8 Å². The van der Waals surface area contributed by atoms with Crippen LogP contribution in [0.15, 0.2) is 36.7 Å². The van der Waals surface area contributed by atoms with Gasteiger partial charge in [0, 0.05) is 25.1 Å². The summed E-state index contributed by atoms with van der Waals surface area (Å²) < 4.78 is 14.8. The average molecular weight is 416 g/mol. The molecule has 0 aliphatic heterocycles. The van der Waals surface area contributed by atoms with Gasteiger partial charge in [-0.1, -0.05) is 34.6 Å². The Morgan fingerprint density at radius 2 is 1.79 bits per heavy atom. The number of fused-ring (bicyclic) bond motifs is 1. The van der Waals surface area contributed by atoms with Crippen LogP contribution in [-0.4, -0.2) is 31.7 Å². The van der Waals surface area contributed by atoms with Gasteiger partial charge in [-0.3, -0.25) is 0 Å². The Morgan fingerprint density at radius 3 is 2.31 bits per heavy atom. The van der Waals surface area contributed by atoms with Gasteiger partial charge in [-0.05, 0) is 65.2 Å². The minimum Gasteiger partial charge on any atom is -0.497 e. The second-order valence-electron chi connectivity index (χ2n) is 10.1. The minimum absolute atomic E-state index is 0.00861. The lowest BCUT2D eigenvalue weighted by molar-refractivity contribution is 0.105. The Labute approximate surface area is 177 Å². The Kier molecular flexibility index (Phi) is 6.05. The van der Waals surface area contributed by atoms with Gasteiger partial charge in [0.15, 0.2) is 8.32 Å². The van der Waals surface area contributed by atoms with Gasteiger partial charge in [0.25, 0.3) is 0 Å². The molecular formula is C24H37NO3Si. The maximum Gasteiger partial charge on any atom is 0.192 e. The van der Waals surface area contributed by atoms with Gasteiger partial charge in [0.2, 0.25) is 0 Å². The smallest absolute Gasteiger partial charge is 0.192 e. The van der Waals surface area contributed by atoms with E-state index in [4.69, 9.17) is 9.16 Å². The zero-order valence-corrected chi connectivity index (χ0v) is 20.2. The maximum atomic E-state index is 10.0. The summed E-state index contributed by atoms with van der Waals surface area (Å²) >= 11 is 0. The largest absolute Gasteiger partial charge is 0.497 e. The molecule has 29 heavy (non-hydrogen) atoms. The van der Waals surface area contributed by atoms with Crippen LogP contribution in [0.25, 0.3) is 5.69 Å². The Balaban J connectivity index is 2.20. The van der Waals surface area contributed by atoms with Crippen molar-refractivity contribution < 1.29 is 14.3 Å². The summed E-state index contributed by atoms with van der Waals surface area (Å²) in [6.45, 7) is 16.1. The highest BCUT2D eigenvalue weighted by molar-refractivity contribution is 6.74. The summed E-state index contributed by atoms with van der Waals surface area (Å²) in [4.78, 5) is 0. The molecule has 0 saturated heterocycles. The fourth-order valence-corrected chi connectivity index (χ4v) is 5.70. The zero-order valence-electron chi connectivity index (χ0n) is 19.2. The molecule has 0 fully saturated rings. The van der Waals surface area contributed by atoms with E-state index in [0.29, 0.717) is 0 Å². The monoisotopic (exact) mass is 415 g/mol. The third-order valence-electron chi connectivity index (χ3n) is 7.09. The number of hydrogen-bond donors (Lipinski definition) is 1. The van der Waals surface area contributed by atoms with Gasteiger partial charge >= 0.3 is 0 Å². The first-order valence-electron chi connectivity index (χ1n) is 10.7. The van der Waals surface area contributed by atoms with Crippen LogP contribution in [-0.2, 0) is 4.43 Å². The molecular weight excluding hydrogens is 378 g/mol. The first-order chi connectivity index (χ1) is 13.5. The number of hydrogen-bond acceptors (Lipinski definition) is 3. The third-order valence-corrected chi connectivity index (χ3v) is 11.6. The van der Waals surface area contributed by atoms with Gasteiger partial charge < -0.3 is 18.8 Å². The molecule has 0 bridgehead atoms. The highest BCUT2D eigenvalue weighted by atomic mass is 28.4. The van der Waals surface area contributed by atoms with Crippen LogP contribution in [0.1, 0.15) is 57.8 Å². The SMILES string of the molecule is COc1cc2c(c(-n3cccc3)c1)[C@H]([C@H](C)CO)[C@@H](C)[C@H]2O[Si](C)(C)C(C)(C)C. The first kappa shape index (κ1) is 22.1. The van der Waals surface area contributed by atoms with Crippen LogP contribution in [0.4, 0.5) is 0 Å². The van der Waals surface area contributed by atoms with Crippen LogP contribution in [0.5, 0.6) is 5.75 Å². The highest BCUT2D eigenvalue weighted by Gasteiger charge is 2.48. The standard InChI is InChI=1S/C24H37NO3Si/c1-16(15-26)21-17(2)23(28-29(7,8)24(3,4)5)19-13-18(27-6)14-20(22(19)21)25-11-9-10-12-25/h9-14,16-17,21,23,26H,15H2,1-8H3/t16-,17-,21-,23-/m1/s1. The van der Waals surface area contributed by atoms with Crippen LogP contribution in [0.2, 0.25) is 18.1 Å². The number of benzene rings is 1. The summed E-state index contributed by atoms with van der Waals surface area (Å²) in [6, 6.07) is 8.34. The topological polar surface area (TPSA) is 43.6 Å². The molecule has 3 rings (SSSR count). The number of aliphatic hydroxyl groups is 1. The number of ether oxygens (including phenoxy) is 1. The van der Waals surface area contributed by atoms with Crippen molar-refractivity contribution in [3.05, 3.63) is 47.8 Å². The molecule has 1 aliphatic rings. The fraction of sp³-hybridized carbons (Fsp3) is 0.583. The second kappa shape index (κ2) is 7.93. The minimum atomic E-state index is -1.98. The van der Waals surface area contributed by atoms with E-state index in [9.17, 15) is 5.11 Å².